The van der Waals surface area contributed by atoms with Crippen molar-refractivity contribution in [3.63, 3.8) is 0 Å². The van der Waals surface area contributed by atoms with Gasteiger partial charge in [-0.2, -0.15) is 0 Å². The summed E-state index contributed by atoms with van der Waals surface area (Å²) in [4.78, 5) is 24.3. The number of hydrogen-bond donors (Lipinski definition) is 0. The van der Waals surface area contributed by atoms with E-state index >= 15 is 0 Å². The lowest BCUT2D eigenvalue weighted by Crippen LogP contribution is -2.48. The standard InChI is InChI=1S/C15H26O4/c1-3-5-6-7-8-10-15(14(17)19-4-2)12-18-11-9-13(15)16/h3-12H2,1-2H3. The summed E-state index contributed by atoms with van der Waals surface area (Å²) in [5.41, 5.74) is -1.03. The quantitative estimate of drug-likeness (QED) is 0.386. The van der Waals surface area contributed by atoms with E-state index < -0.39 is 11.4 Å². The van der Waals surface area contributed by atoms with E-state index in [-0.39, 0.29) is 12.4 Å². The van der Waals surface area contributed by atoms with Crippen molar-refractivity contribution in [2.45, 2.75) is 58.8 Å². The SMILES string of the molecule is CCCCCCCC1(C(=O)OCC)COCCC1=O. The van der Waals surface area contributed by atoms with Crippen LogP contribution < -0.4 is 0 Å². The summed E-state index contributed by atoms with van der Waals surface area (Å²) in [6.07, 6.45) is 6.38. The minimum absolute atomic E-state index is 0.00677. The molecule has 1 rings (SSSR count). The van der Waals surface area contributed by atoms with Crippen LogP contribution in [0.2, 0.25) is 0 Å². The first kappa shape index (κ1) is 16.2. The van der Waals surface area contributed by atoms with Gasteiger partial charge in [0.05, 0.1) is 19.8 Å². The second kappa shape index (κ2) is 8.31. The first-order valence-corrected chi connectivity index (χ1v) is 7.45. The summed E-state index contributed by atoms with van der Waals surface area (Å²) in [5.74, 6) is -0.400. The fraction of sp³-hybridized carbons (Fsp3) is 0.867. The second-order valence-corrected chi connectivity index (χ2v) is 5.19. The van der Waals surface area contributed by atoms with Crippen molar-refractivity contribution in [1.82, 2.24) is 0 Å². The Balaban J connectivity index is 2.58. The van der Waals surface area contributed by atoms with Crippen LogP contribution in [0.3, 0.4) is 0 Å². The normalized spacial score (nSPS) is 23.4. The molecule has 1 fully saturated rings. The van der Waals surface area contributed by atoms with E-state index in [9.17, 15) is 9.59 Å². The largest absolute Gasteiger partial charge is 0.465 e. The minimum atomic E-state index is -1.03. The monoisotopic (exact) mass is 270 g/mol. The van der Waals surface area contributed by atoms with Crippen LogP contribution in [0.4, 0.5) is 0 Å². The highest BCUT2D eigenvalue weighted by molar-refractivity contribution is 6.04. The average Bonchev–Trinajstić information content (AvgIpc) is 2.41. The molecule has 0 aromatic rings. The van der Waals surface area contributed by atoms with Crippen LogP contribution in [0.15, 0.2) is 0 Å². The predicted octanol–water partition coefficient (Wildman–Crippen LogP) is 2.89. The summed E-state index contributed by atoms with van der Waals surface area (Å²) < 4.78 is 10.5. The Morgan fingerprint density at radius 1 is 1.26 bits per heavy atom. The molecule has 1 aliphatic rings. The van der Waals surface area contributed by atoms with Gasteiger partial charge in [0, 0.05) is 6.42 Å². The molecule has 0 bridgehead atoms. The summed E-state index contributed by atoms with van der Waals surface area (Å²) in [6.45, 7) is 4.86. The van der Waals surface area contributed by atoms with Gasteiger partial charge in [0.2, 0.25) is 0 Å². The Morgan fingerprint density at radius 3 is 2.63 bits per heavy atom. The summed E-state index contributed by atoms with van der Waals surface area (Å²) in [5, 5.41) is 0. The number of ether oxygens (including phenoxy) is 2. The molecule has 1 saturated heterocycles. The van der Waals surface area contributed by atoms with E-state index in [0.29, 0.717) is 26.1 Å². The van der Waals surface area contributed by atoms with Crippen LogP contribution in [-0.2, 0) is 19.1 Å². The first-order chi connectivity index (χ1) is 9.17. The third-order valence-corrected chi connectivity index (χ3v) is 3.73. The zero-order valence-corrected chi connectivity index (χ0v) is 12.2. The number of carbonyl (C=O) groups excluding carboxylic acids is 2. The van der Waals surface area contributed by atoms with Crippen molar-refractivity contribution in [3.05, 3.63) is 0 Å². The van der Waals surface area contributed by atoms with Gasteiger partial charge < -0.3 is 9.47 Å². The lowest BCUT2D eigenvalue weighted by Gasteiger charge is -2.33. The molecule has 0 amide bonds. The van der Waals surface area contributed by atoms with Crippen LogP contribution in [0.5, 0.6) is 0 Å². The Bertz CT molecular complexity index is 301. The van der Waals surface area contributed by atoms with Gasteiger partial charge in [-0.25, -0.2) is 0 Å². The molecule has 0 aliphatic carbocycles. The van der Waals surface area contributed by atoms with Crippen LogP contribution in [0.1, 0.15) is 58.8 Å². The highest BCUT2D eigenvalue weighted by Gasteiger charge is 2.48. The number of unbranched alkanes of at least 4 members (excludes halogenated alkanes) is 4. The lowest BCUT2D eigenvalue weighted by atomic mass is 9.77. The van der Waals surface area contributed by atoms with Crippen LogP contribution in [-0.4, -0.2) is 31.6 Å². The van der Waals surface area contributed by atoms with Crippen molar-refractivity contribution in [3.8, 4) is 0 Å². The minimum Gasteiger partial charge on any atom is -0.465 e. The highest BCUT2D eigenvalue weighted by Crippen LogP contribution is 2.33. The molecule has 0 saturated carbocycles. The summed E-state index contributed by atoms with van der Waals surface area (Å²) >= 11 is 0. The van der Waals surface area contributed by atoms with Crippen molar-refractivity contribution >= 4 is 11.8 Å². The van der Waals surface area contributed by atoms with Crippen molar-refractivity contribution < 1.29 is 19.1 Å². The smallest absolute Gasteiger partial charge is 0.322 e. The van der Waals surface area contributed by atoms with E-state index in [1.165, 1.54) is 12.8 Å². The summed E-state index contributed by atoms with van der Waals surface area (Å²) in [6, 6.07) is 0. The number of hydrogen-bond acceptors (Lipinski definition) is 4. The van der Waals surface area contributed by atoms with E-state index in [2.05, 4.69) is 6.92 Å². The van der Waals surface area contributed by atoms with Crippen LogP contribution >= 0.6 is 0 Å². The molecule has 1 aliphatic heterocycles. The zero-order valence-electron chi connectivity index (χ0n) is 12.2. The maximum absolute atomic E-state index is 12.2. The molecule has 1 atom stereocenters. The van der Waals surface area contributed by atoms with Crippen LogP contribution in [0.25, 0.3) is 0 Å². The molecule has 0 aromatic heterocycles. The Hall–Kier alpha value is -0.900. The average molecular weight is 270 g/mol. The molecule has 4 heteroatoms. The van der Waals surface area contributed by atoms with E-state index in [1.807, 2.05) is 0 Å². The van der Waals surface area contributed by atoms with Gasteiger partial charge in [-0.05, 0) is 13.3 Å². The second-order valence-electron chi connectivity index (χ2n) is 5.19. The van der Waals surface area contributed by atoms with Gasteiger partial charge in [0.25, 0.3) is 0 Å². The third kappa shape index (κ3) is 4.30. The Kier molecular flexibility index (Phi) is 7.06. The van der Waals surface area contributed by atoms with E-state index in [0.717, 1.165) is 19.3 Å². The van der Waals surface area contributed by atoms with Crippen molar-refractivity contribution in [2.24, 2.45) is 5.41 Å². The maximum Gasteiger partial charge on any atom is 0.322 e. The van der Waals surface area contributed by atoms with Crippen LogP contribution in [0, 0.1) is 5.41 Å². The number of rotatable bonds is 8. The lowest BCUT2D eigenvalue weighted by molar-refractivity contribution is -0.169. The fourth-order valence-electron chi connectivity index (χ4n) is 2.52. The molecule has 0 radical (unpaired) electrons. The molecular weight excluding hydrogens is 244 g/mol. The molecule has 4 nitrogen and oxygen atoms in total. The van der Waals surface area contributed by atoms with Crippen molar-refractivity contribution in [1.29, 1.82) is 0 Å². The van der Waals surface area contributed by atoms with E-state index in [4.69, 9.17) is 9.47 Å². The van der Waals surface area contributed by atoms with Gasteiger partial charge in [-0.3, -0.25) is 9.59 Å². The predicted molar refractivity (Wildman–Crippen MR) is 72.9 cm³/mol. The zero-order chi connectivity index (χ0) is 14.1. The van der Waals surface area contributed by atoms with Gasteiger partial charge >= 0.3 is 5.97 Å². The van der Waals surface area contributed by atoms with Gasteiger partial charge in [-0.1, -0.05) is 39.0 Å². The van der Waals surface area contributed by atoms with Gasteiger partial charge in [0.1, 0.15) is 5.41 Å². The van der Waals surface area contributed by atoms with Gasteiger partial charge in [-0.15, -0.1) is 0 Å². The van der Waals surface area contributed by atoms with E-state index in [1.54, 1.807) is 6.92 Å². The molecule has 0 spiro atoms. The van der Waals surface area contributed by atoms with Crippen molar-refractivity contribution in [2.75, 3.05) is 19.8 Å². The molecule has 0 N–H and O–H groups in total. The molecule has 0 aromatic carbocycles. The number of esters is 1. The topological polar surface area (TPSA) is 52.6 Å². The third-order valence-electron chi connectivity index (χ3n) is 3.73. The fourth-order valence-corrected chi connectivity index (χ4v) is 2.52. The molecule has 110 valence electrons. The van der Waals surface area contributed by atoms with Gasteiger partial charge in [0.15, 0.2) is 5.78 Å². The number of ketones is 1. The Labute approximate surface area is 115 Å². The molecular formula is C15H26O4. The first-order valence-electron chi connectivity index (χ1n) is 7.45. The molecule has 1 unspecified atom stereocenters. The highest BCUT2D eigenvalue weighted by atomic mass is 16.5. The number of carbonyl (C=O) groups is 2. The summed E-state index contributed by atoms with van der Waals surface area (Å²) in [7, 11) is 0. The number of Topliss-reactive ketones (excluding diaryl/α,β-unsaturated/α-hetero) is 1. The molecule has 1 heterocycles. The maximum atomic E-state index is 12.2. The molecule has 19 heavy (non-hydrogen) atoms. The Morgan fingerprint density at radius 2 is 2.00 bits per heavy atom.